The smallest absolute Gasteiger partial charge is 0.0683 e. The van der Waals surface area contributed by atoms with E-state index in [1.165, 1.54) is 100 Å². The molecule has 2 aliphatic carbocycles. The molecule has 0 atom stereocenters. The number of rotatable bonds is 4. The van der Waals surface area contributed by atoms with Crippen molar-refractivity contribution in [3.63, 3.8) is 0 Å². The topological polar surface area (TPSA) is 0 Å². The molecular weight excluding hydrogens is 613 g/mol. The largest absolute Gasteiger partial charge is 0.0726 e. The van der Waals surface area contributed by atoms with Gasteiger partial charge in [0.25, 0.3) is 0 Å². The van der Waals surface area contributed by atoms with E-state index in [0.29, 0.717) is 0 Å². The number of aryl methyl sites for hydroxylation is 6. The molecule has 0 N–H and O–H groups in total. The van der Waals surface area contributed by atoms with Crippen LogP contribution in [0, 0.1) is 41.5 Å². The van der Waals surface area contributed by atoms with E-state index in [0.717, 1.165) is 0 Å². The number of fused-ring (bicyclic) bond motifs is 10. The summed E-state index contributed by atoms with van der Waals surface area (Å²) in [4.78, 5) is 0. The predicted octanol–water partition coefficient (Wildman–Crippen LogP) is 14.3. The van der Waals surface area contributed by atoms with Gasteiger partial charge in [-0.25, -0.2) is 0 Å². The first-order valence-corrected chi connectivity index (χ1v) is 18.7. The Balaban J connectivity index is 0.00000108. The van der Waals surface area contributed by atoms with Gasteiger partial charge in [0, 0.05) is 0 Å². The van der Waals surface area contributed by atoms with Gasteiger partial charge in [0.05, 0.1) is 5.41 Å². The van der Waals surface area contributed by atoms with Crippen molar-refractivity contribution in [1.82, 2.24) is 0 Å². The molecule has 0 unspecified atom stereocenters. The lowest BCUT2D eigenvalue weighted by molar-refractivity contribution is 0.790. The Hall–Kier alpha value is -5.20. The van der Waals surface area contributed by atoms with Crippen molar-refractivity contribution in [3.05, 3.63) is 187 Å². The van der Waals surface area contributed by atoms with Gasteiger partial charge in [0.2, 0.25) is 0 Å². The second-order valence-corrected chi connectivity index (χ2v) is 13.8. The van der Waals surface area contributed by atoms with Gasteiger partial charge in [0.15, 0.2) is 0 Å². The summed E-state index contributed by atoms with van der Waals surface area (Å²) in [6, 6.07) is 41.6. The van der Waals surface area contributed by atoms with Crippen LogP contribution in [-0.2, 0) is 5.41 Å². The highest BCUT2D eigenvalue weighted by Gasteiger charge is 2.52. The Bertz CT molecular complexity index is 2110. The van der Waals surface area contributed by atoms with E-state index in [1.807, 2.05) is 27.7 Å². The average molecular weight is 665 g/mol. The molecule has 0 aromatic heterocycles. The van der Waals surface area contributed by atoms with Crippen LogP contribution in [0.2, 0.25) is 0 Å². The summed E-state index contributed by atoms with van der Waals surface area (Å²) in [6.07, 6.45) is 9.02. The summed E-state index contributed by atoms with van der Waals surface area (Å²) in [5.41, 5.74) is 23.4. The fourth-order valence-corrected chi connectivity index (χ4v) is 7.73. The first-order chi connectivity index (χ1) is 24.7. The minimum absolute atomic E-state index is 0.395. The first kappa shape index (κ1) is 35.6. The predicted molar refractivity (Wildman–Crippen MR) is 225 cm³/mol. The molecule has 256 valence electrons. The standard InChI is InChI=1S/C47H40.2C2H6/c1-29-7-11-35(12-8-29)15-17-37-19-21-39-40-22-20-38(18-16-36-13-9-30(2)10-14-36)28-46(40)47(45(39)27-37)43-25-33(5)31(3)23-41(43)42-24-32(4)34(6)26-44(42)47;2*1-2/h7-28H,1-6H3;2*1-2H3/b17-15+,18-16+;;. The van der Waals surface area contributed by atoms with Gasteiger partial charge in [-0.05, 0) is 143 Å². The maximum absolute atomic E-state index is 2.48. The fourth-order valence-electron chi connectivity index (χ4n) is 7.73. The van der Waals surface area contributed by atoms with Crippen molar-refractivity contribution in [2.24, 2.45) is 0 Å². The van der Waals surface area contributed by atoms with E-state index in [-0.39, 0.29) is 0 Å². The normalized spacial score (nSPS) is 12.9. The molecule has 1 spiro atoms. The van der Waals surface area contributed by atoms with E-state index in [2.05, 4.69) is 175 Å². The van der Waals surface area contributed by atoms with Crippen molar-refractivity contribution in [1.29, 1.82) is 0 Å². The Kier molecular flexibility index (Phi) is 10.2. The molecule has 0 fully saturated rings. The molecule has 0 saturated heterocycles. The van der Waals surface area contributed by atoms with Crippen LogP contribution in [0.3, 0.4) is 0 Å². The summed E-state index contributed by atoms with van der Waals surface area (Å²) in [5.74, 6) is 0. The molecule has 0 heteroatoms. The summed E-state index contributed by atoms with van der Waals surface area (Å²) >= 11 is 0. The van der Waals surface area contributed by atoms with Gasteiger partial charge in [-0.15, -0.1) is 0 Å². The molecule has 6 aromatic rings. The van der Waals surface area contributed by atoms with Crippen LogP contribution in [0.5, 0.6) is 0 Å². The second-order valence-electron chi connectivity index (χ2n) is 13.8. The molecule has 0 bridgehead atoms. The molecule has 0 heterocycles. The third-order valence-electron chi connectivity index (χ3n) is 10.6. The highest BCUT2D eigenvalue weighted by molar-refractivity contribution is 5.97. The quantitative estimate of drug-likeness (QED) is 0.164. The summed E-state index contributed by atoms with van der Waals surface area (Å²) in [6.45, 7) is 21.3. The maximum atomic E-state index is 2.48. The zero-order chi connectivity index (χ0) is 36.4. The molecule has 2 aliphatic rings. The van der Waals surface area contributed by atoms with E-state index >= 15 is 0 Å². The van der Waals surface area contributed by atoms with Crippen molar-refractivity contribution in [2.75, 3.05) is 0 Å². The molecule has 0 amide bonds. The van der Waals surface area contributed by atoms with Gasteiger partial charge < -0.3 is 0 Å². The highest BCUT2D eigenvalue weighted by atomic mass is 14.5. The van der Waals surface area contributed by atoms with Crippen LogP contribution in [0.25, 0.3) is 46.6 Å². The minimum atomic E-state index is -0.395. The zero-order valence-corrected chi connectivity index (χ0v) is 32.2. The lowest BCUT2D eigenvalue weighted by Gasteiger charge is -2.31. The number of benzene rings is 6. The van der Waals surface area contributed by atoms with Gasteiger partial charge in [-0.3, -0.25) is 0 Å². The number of hydrogen-bond donors (Lipinski definition) is 0. The maximum Gasteiger partial charge on any atom is 0.0726 e. The van der Waals surface area contributed by atoms with Gasteiger partial charge in [-0.1, -0.05) is 160 Å². The third kappa shape index (κ3) is 6.23. The Morgan fingerprint density at radius 3 is 0.980 bits per heavy atom. The molecule has 8 rings (SSSR count). The average Bonchev–Trinajstić information content (AvgIpc) is 3.58. The SMILES string of the molecule is CC.CC.Cc1ccc(/C=C/c2ccc3c(c2)C2(c4cc(/C=C/c5ccc(C)cc5)ccc4-3)c3cc(C)c(C)cc3-c3cc(C)c(C)cc32)cc1. The molecule has 0 saturated carbocycles. The minimum Gasteiger partial charge on any atom is -0.0683 e. The lowest BCUT2D eigenvalue weighted by Crippen LogP contribution is -2.26. The van der Waals surface area contributed by atoms with E-state index in [9.17, 15) is 0 Å². The molecule has 0 nitrogen and oxygen atoms in total. The van der Waals surface area contributed by atoms with Crippen molar-refractivity contribution >= 4 is 24.3 Å². The summed E-state index contributed by atoms with van der Waals surface area (Å²) < 4.78 is 0. The zero-order valence-electron chi connectivity index (χ0n) is 32.2. The van der Waals surface area contributed by atoms with Gasteiger partial charge in [-0.2, -0.15) is 0 Å². The molecule has 51 heavy (non-hydrogen) atoms. The van der Waals surface area contributed by atoms with Crippen molar-refractivity contribution in [3.8, 4) is 22.3 Å². The van der Waals surface area contributed by atoms with E-state index in [4.69, 9.17) is 0 Å². The molecular formula is C51H52. The molecule has 0 radical (unpaired) electrons. The Labute approximate surface area is 307 Å². The van der Waals surface area contributed by atoms with Gasteiger partial charge >= 0.3 is 0 Å². The fraction of sp³-hybridized carbons (Fsp3) is 0.216. The van der Waals surface area contributed by atoms with Crippen LogP contribution in [0.4, 0.5) is 0 Å². The summed E-state index contributed by atoms with van der Waals surface area (Å²) in [5, 5.41) is 0. The molecule has 6 aromatic carbocycles. The van der Waals surface area contributed by atoms with Crippen LogP contribution < -0.4 is 0 Å². The third-order valence-corrected chi connectivity index (χ3v) is 10.6. The summed E-state index contributed by atoms with van der Waals surface area (Å²) in [7, 11) is 0. The van der Waals surface area contributed by atoms with Crippen LogP contribution >= 0.6 is 0 Å². The van der Waals surface area contributed by atoms with Crippen LogP contribution in [0.15, 0.2) is 109 Å². The van der Waals surface area contributed by atoms with Gasteiger partial charge in [0.1, 0.15) is 0 Å². The van der Waals surface area contributed by atoms with Crippen molar-refractivity contribution in [2.45, 2.75) is 74.7 Å². The van der Waals surface area contributed by atoms with Crippen LogP contribution in [-0.4, -0.2) is 0 Å². The highest BCUT2D eigenvalue weighted by Crippen LogP contribution is 2.63. The lowest BCUT2D eigenvalue weighted by atomic mass is 9.69. The Morgan fingerprint density at radius 2 is 0.608 bits per heavy atom. The van der Waals surface area contributed by atoms with Crippen LogP contribution in [0.1, 0.15) is 106 Å². The number of hydrogen-bond acceptors (Lipinski definition) is 0. The second kappa shape index (κ2) is 14.6. The monoisotopic (exact) mass is 664 g/mol. The molecule has 0 aliphatic heterocycles. The first-order valence-electron chi connectivity index (χ1n) is 18.7. The Morgan fingerprint density at radius 1 is 0.314 bits per heavy atom. The van der Waals surface area contributed by atoms with E-state index in [1.54, 1.807) is 0 Å². The van der Waals surface area contributed by atoms with Crippen molar-refractivity contribution < 1.29 is 0 Å². The van der Waals surface area contributed by atoms with E-state index < -0.39 is 5.41 Å².